The summed E-state index contributed by atoms with van der Waals surface area (Å²) in [5.41, 5.74) is 8.80. The zero-order valence-electron chi connectivity index (χ0n) is 19.5. The molecule has 0 spiro atoms. The Hall–Kier alpha value is -1.87. The zero-order valence-corrected chi connectivity index (χ0v) is 20.4. The van der Waals surface area contributed by atoms with Crippen LogP contribution in [0.4, 0.5) is 5.69 Å². The van der Waals surface area contributed by atoms with Crippen LogP contribution in [0.1, 0.15) is 94.7 Å². The lowest BCUT2D eigenvalue weighted by Gasteiger charge is -2.17. The monoisotopic (exact) mass is 436 g/mol. The maximum Gasteiger partial charge on any atom is 0.0704 e. The number of anilines is 1. The van der Waals surface area contributed by atoms with Crippen LogP contribution >= 0.6 is 11.9 Å². The van der Waals surface area contributed by atoms with Crippen LogP contribution in [0.15, 0.2) is 54.7 Å². The molecule has 0 atom stereocenters. The van der Waals surface area contributed by atoms with Crippen molar-refractivity contribution in [3.63, 3.8) is 0 Å². The maximum absolute atomic E-state index is 3.41. The van der Waals surface area contributed by atoms with Gasteiger partial charge in [0.1, 0.15) is 0 Å². The lowest BCUT2D eigenvalue weighted by molar-refractivity contribution is 0.607. The van der Waals surface area contributed by atoms with Crippen LogP contribution in [0, 0.1) is 0 Å². The molecule has 0 unspecified atom stereocenters. The van der Waals surface area contributed by atoms with Crippen molar-refractivity contribution >= 4 is 22.5 Å². The predicted molar refractivity (Wildman–Crippen MR) is 139 cm³/mol. The number of nitrogens with zero attached hydrogens (tertiary/aromatic N) is 1. The molecule has 1 aliphatic rings. The van der Waals surface area contributed by atoms with Gasteiger partial charge in [0.15, 0.2) is 0 Å². The molecule has 0 saturated carbocycles. The van der Waals surface area contributed by atoms with E-state index in [-0.39, 0.29) is 0 Å². The van der Waals surface area contributed by atoms with E-state index in [0.717, 1.165) is 0 Å². The first-order chi connectivity index (χ1) is 15.3. The van der Waals surface area contributed by atoms with Gasteiger partial charge in [0.2, 0.25) is 0 Å². The molecular weight excluding hydrogens is 396 g/mol. The molecule has 2 nitrogen and oxygen atoms in total. The van der Waals surface area contributed by atoms with Gasteiger partial charge in [0.25, 0.3) is 0 Å². The van der Waals surface area contributed by atoms with E-state index in [4.69, 9.17) is 0 Å². The van der Waals surface area contributed by atoms with Gasteiger partial charge in [-0.05, 0) is 54.5 Å². The standard InChI is InChI=1S/C28H40N2S/c1-3-5-7-9-10-12-14-24-15-19-26(20-16-24)28-23-29-30(31-28)27-21-17-25(18-22-27)13-11-8-6-4-2/h15-23,29H,3-14H2,1-2H3. The lowest BCUT2D eigenvalue weighted by Crippen LogP contribution is -2.22. The molecule has 2 aromatic carbocycles. The Morgan fingerprint density at radius 1 is 0.645 bits per heavy atom. The Kier molecular flexibility index (Phi) is 10.4. The first-order valence-corrected chi connectivity index (χ1v) is 13.2. The largest absolute Gasteiger partial charge is 0.294 e. The number of hydrogen-bond acceptors (Lipinski definition) is 3. The Morgan fingerprint density at radius 2 is 1.16 bits per heavy atom. The first kappa shape index (κ1) is 23.8. The molecule has 0 bridgehead atoms. The molecule has 3 heteroatoms. The molecule has 0 aliphatic carbocycles. The summed E-state index contributed by atoms with van der Waals surface area (Å²) in [6.45, 7) is 4.54. The third-order valence-corrected chi connectivity index (χ3v) is 7.10. The minimum atomic E-state index is 1.19. The van der Waals surface area contributed by atoms with Crippen molar-refractivity contribution in [2.45, 2.75) is 90.9 Å². The summed E-state index contributed by atoms with van der Waals surface area (Å²) in [5.74, 6) is 0. The third-order valence-electron chi connectivity index (χ3n) is 6.05. The fourth-order valence-corrected chi connectivity index (χ4v) is 4.91. The van der Waals surface area contributed by atoms with Gasteiger partial charge in [0.05, 0.1) is 10.6 Å². The fraction of sp³-hybridized carbons (Fsp3) is 0.500. The van der Waals surface area contributed by atoms with Crippen molar-refractivity contribution < 1.29 is 0 Å². The van der Waals surface area contributed by atoms with Crippen LogP contribution in [-0.4, -0.2) is 0 Å². The Labute approximate surface area is 194 Å². The molecule has 3 rings (SSSR count). The van der Waals surface area contributed by atoms with Crippen LogP contribution < -0.4 is 9.84 Å². The number of aryl methyl sites for hydroxylation is 2. The molecule has 0 amide bonds. The smallest absolute Gasteiger partial charge is 0.0704 e. The van der Waals surface area contributed by atoms with Crippen LogP contribution in [0.5, 0.6) is 0 Å². The summed E-state index contributed by atoms with van der Waals surface area (Å²) < 4.78 is 2.15. The topological polar surface area (TPSA) is 15.3 Å². The number of benzene rings is 2. The minimum Gasteiger partial charge on any atom is -0.294 e. The second kappa shape index (κ2) is 13.5. The van der Waals surface area contributed by atoms with Crippen molar-refractivity contribution in [2.24, 2.45) is 0 Å². The van der Waals surface area contributed by atoms with Gasteiger partial charge in [-0.1, -0.05) is 102 Å². The Balaban J connectivity index is 1.42. The van der Waals surface area contributed by atoms with Crippen molar-refractivity contribution in [3.05, 3.63) is 71.4 Å². The van der Waals surface area contributed by atoms with Gasteiger partial charge in [-0.2, -0.15) is 0 Å². The van der Waals surface area contributed by atoms with Crippen LogP contribution in [-0.2, 0) is 12.8 Å². The van der Waals surface area contributed by atoms with E-state index in [1.54, 1.807) is 11.9 Å². The van der Waals surface area contributed by atoms with Gasteiger partial charge in [0, 0.05) is 18.1 Å². The highest BCUT2D eigenvalue weighted by molar-refractivity contribution is 8.09. The third kappa shape index (κ3) is 7.96. The second-order valence-corrected chi connectivity index (χ2v) is 9.70. The molecule has 0 saturated heterocycles. The summed E-state index contributed by atoms with van der Waals surface area (Å²) >= 11 is 1.77. The summed E-state index contributed by atoms with van der Waals surface area (Å²) in [6.07, 6.45) is 18.0. The van der Waals surface area contributed by atoms with Crippen molar-refractivity contribution in [2.75, 3.05) is 4.41 Å². The molecule has 0 radical (unpaired) electrons. The van der Waals surface area contributed by atoms with Crippen LogP contribution in [0.2, 0.25) is 0 Å². The van der Waals surface area contributed by atoms with Crippen molar-refractivity contribution in [3.8, 4) is 0 Å². The molecule has 1 aliphatic heterocycles. The van der Waals surface area contributed by atoms with Crippen LogP contribution in [0.25, 0.3) is 4.91 Å². The van der Waals surface area contributed by atoms with E-state index in [9.17, 15) is 0 Å². The predicted octanol–water partition coefficient (Wildman–Crippen LogP) is 8.68. The number of unbranched alkanes of at least 4 members (excludes halogenated alkanes) is 8. The molecule has 1 N–H and O–H groups in total. The second-order valence-electron chi connectivity index (χ2n) is 8.72. The summed E-state index contributed by atoms with van der Waals surface area (Å²) in [4.78, 5) is 1.27. The first-order valence-electron chi connectivity index (χ1n) is 12.4. The summed E-state index contributed by atoms with van der Waals surface area (Å²) in [6, 6.07) is 18.2. The molecule has 2 aromatic rings. The average Bonchev–Trinajstić information content (AvgIpc) is 3.30. The molecule has 1 heterocycles. The zero-order chi connectivity index (χ0) is 21.7. The SMILES string of the molecule is CCCCCCCCc1ccc(C2=CNN(c3ccc(CCCCCC)cc3)S2)cc1. The summed E-state index contributed by atoms with van der Waals surface area (Å²) in [7, 11) is 0. The highest BCUT2D eigenvalue weighted by Crippen LogP contribution is 2.36. The van der Waals surface area contributed by atoms with Gasteiger partial charge >= 0.3 is 0 Å². The number of hydrogen-bond donors (Lipinski definition) is 1. The van der Waals surface area contributed by atoms with E-state index < -0.39 is 0 Å². The Bertz CT molecular complexity index is 780. The lowest BCUT2D eigenvalue weighted by atomic mass is 10.0. The molecule has 0 aromatic heterocycles. The normalized spacial score (nSPS) is 13.4. The van der Waals surface area contributed by atoms with Gasteiger partial charge in [-0.3, -0.25) is 5.43 Å². The molecule has 0 fully saturated rings. The van der Waals surface area contributed by atoms with Gasteiger partial charge < -0.3 is 0 Å². The number of hydrazine groups is 1. The van der Waals surface area contributed by atoms with Crippen molar-refractivity contribution in [1.29, 1.82) is 0 Å². The van der Waals surface area contributed by atoms with E-state index >= 15 is 0 Å². The number of nitrogens with one attached hydrogen (secondary N) is 1. The Morgan fingerprint density at radius 3 is 1.77 bits per heavy atom. The van der Waals surface area contributed by atoms with Crippen molar-refractivity contribution in [1.82, 2.24) is 5.43 Å². The molecule has 168 valence electrons. The molecule has 31 heavy (non-hydrogen) atoms. The fourth-order valence-electron chi connectivity index (χ4n) is 4.03. The van der Waals surface area contributed by atoms with Crippen LogP contribution in [0.3, 0.4) is 0 Å². The quantitative estimate of drug-likeness (QED) is 0.235. The van der Waals surface area contributed by atoms with E-state index in [0.29, 0.717) is 0 Å². The van der Waals surface area contributed by atoms with Gasteiger partial charge in [-0.25, -0.2) is 4.41 Å². The average molecular weight is 437 g/mol. The van der Waals surface area contributed by atoms with E-state index in [1.807, 2.05) is 0 Å². The van der Waals surface area contributed by atoms with E-state index in [2.05, 4.69) is 78.4 Å². The highest BCUT2D eigenvalue weighted by atomic mass is 32.2. The van der Waals surface area contributed by atoms with E-state index in [1.165, 1.54) is 104 Å². The maximum atomic E-state index is 3.41. The molecular formula is C28H40N2S. The summed E-state index contributed by atoms with van der Waals surface area (Å²) in [5, 5.41) is 0. The number of rotatable bonds is 14. The minimum absolute atomic E-state index is 1.19. The highest BCUT2D eigenvalue weighted by Gasteiger charge is 2.17. The van der Waals surface area contributed by atoms with Gasteiger partial charge in [-0.15, -0.1) is 0 Å².